The lowest BCUT2D eigenvalue weighted by Crippen LogP contribution is -2.24. The topological polar surface area (TPSA) is 59.1 Å². The lowest BCUT2D eigenvalue weighted by molar-refractivity contribution is 0.556. The average molecular weight is 365 g/mol. The predicted molar refractivity (Wildman–Crippen MR) is 75.0 cm³/mol. The van der Waals surface area contributed by atoms with E-state index in [1.165, 1.54) is 23.5 Å². The van der Waals surface area contributed by atoms with E-state index in [0.717, 1.165) is 16.6 Å². The molecule has 19 heavy (non-hydrogen) atoms. The first-order chi connectivity index (χ1) is 8.90. The molecule has 1 aromatic carbocycles. The molecule has 0 spiro atoms. The minimum atomic E-state index is -3.87. The van der Waals surface area contributed by atoms with Crippen LogP contribution in [0.4, 0.5) is 4.39 Å². The lowest BCUT2D eigenvalue weighted by Gasteiger charge is -2.07. The first-order valence-corrected chi connectivity index (χ1v) is 8.39. The standard InChI is InChI=1S/C11H10BrFN2O2S2/c1-7-10(18-6-14-7)5-15-19(16,17)11-3-2-8(12)4-9(11)13/h2-4,6,15H,5H2,1H3. The Morgan fingerprint density at radius 3 is 2.79 bits per heavy atom. The Morgan fingerprint density at radius 2 is 2.21 bits per heavy atom. The highest BCUT2D eigenvalue weighted by molar-refractivity contribution is 9.10. The zero-order chi connectivity index (χ0) is 14.0. The van der Waals surface area contributed by atoms with Crippen LogP contribution in [0.2, 0.25) is 0 Å². The summed E-state index contributed by atoms with van der Waals surface area (Å²) in [7, 11) is -3.87. The second kappa shape index (κ2) is 5.66. The van der Waals surface area contributed by atoms with Gasteiger partial charge in [-0.2, -0.15) is 0 Å². The van der Waals surface area contributed by atoms with Gasteiger partial charge in [-0.15, -0.1) is 11.3 Å². The van der Waals surface area contributed by atoms with Crippen molar-refractivity contribution >= 4 is 37.3 Å². The van der Waals surface area contributed by atoms with Gasteiger partial charge in [-0.05, 0) is 25.1 Å². The summed E-state index contributed by atoms with van der Waals surface area (Å²) >= 11 is 4.43. The van der Waals surface area contributed by atoms with Gasteiger partial charge in [-0.1, -0.05) is 15.9 Å². The molecule has 0 saturated carbocycles. The summed E-state index contributed by atoms with van der Waals surface area (Å²) < 4.78 is 40.5. The molecule has 0 atom stereocenters. The molecule has 0 aliphatic rings. The molecule has 0 radical (unpaired) electrons. The zero-order valence-electron chi connectivity index (χ0n) is 9.85. The summed E-state index contributed by atoms with van der Waals surface area (Å²) in [4.78, 5) is 4.47. The fraction of sp³-hybridized carbons (Fsp3) is 0.182. The monoisotopic (exact) mass is 364 g/mol. The molecule has 102 valence electrons. The quantitative estimate of drug-likeness (QED) is 0.907. The van der Waals surface area contributed by atoms with Crippen LogP contribution < -0.4 is 4.72 Å². The Kier molecular flexibility index (Phi) is 4.34. The molecule has 2 aromatic rings. The van der Waals surface area contributed by atoms with E-state index in [0.29, 0.717) is 4.47 Å². The minimum absolute atomic E-state index is 0.105. The Labute approximate surface area is 122 Å². The fourth-order valence-corrected chi connectivity index (χ4v) is 3.62. The third kappa shape index (κ3) is 3.38. The van der Waals surface area contributed by atoms with Gasteiger partial charge in [0.1, 0.15) is 10.7 Å². The van der Waals surface area contributed by atoms with Crippen molar-refractivity contribution in [3.05, 3.63) is 44.6 Å². The van der Waals surface area contributed by atoms with Crippen LogP contribution in [0.5, 0.6) is 0 Å². The van der Waals surface area contributed by atoms with Crippen LogP contribution in [0, 0.1) is 12.7 Å². The molecule has 1 aromatic heterocycles. The highest BCUT2D eigenvalue weighted by atomic mass is 79.9. The molecule has 1 N–H and O–H groups in total. The largest absolute Gasteiger partial charge is 0.250 e. The maximum Gasteiger partial charge on any atom is 0.243 e. The van der Waals surface area contributed by atoms with Crippen molar-refractivity contribution in [3.8, 4) is 0 Å². The summed E-state index contributed by atoms with van der Waals surface area (Å²) in [6.07, 6.45) is 0. The number of benzene rings is 1. The van der Waals surface area contributed by atoms with Crippen molar-refractivity contribution in [2.24, 2.45) is 0 Å². The summed E-state index contributed by atoms with van der Waals surface area (Å²) in [5.41, 5.74) is 2.41. The normalized spacial score (nSPS) is 11.7. The molecule has 0 bridgehead atoms. The number of halogens is 2. The average Bonchev–Trinajstić information content (AvgIpc) is 2.72. The Hall–Kier alpha value is -0.830. The molecule has 1 heterocycles. The number of aromatic nitrogens is 1. The van der Waals surface area contributed by atoms with Crippen LogP contribution in [0.3, 0.4) is 0 Å². The maximum absolute atomic E-state index is 13.6. The summed E-state index contributed by atoms with van der Waals surface area (Å²) in [6, 6.07) is 3.82. The summed E-state index contributed by atoms with van der Waals surface area (Å²) in [6.45, 7) is 1.90. The summed E-state index contributed by atoms with van der Waals surface area (Å²) in [5.74, 6) is -0.789. The molecule has 0 unspecified atom stereocenters. The van der Waals surface area contributed by atoms with Crippen LogP contribution in [-0.4, -0.2) is 13.4 Å². The maximum atomic E-state index is 13.6. The number of hydrogen-bond donors (Lipinski definition) is 1. The fourth-order valence-electron chi connectivity index (χ4n) is 1.43. The van der Waals surface area contributed by atoms with Gasteiger partial charge in [0, 0.05) is 15.9 Å². The van der Waals surface area contributed by atoms with E-state index in [2.05, 4.69) is 25.6 Å². The Morgan fingerprint density at radius 1 is 1.47 bits per heavy atom. The smallest absolute Gasteiger partial charge is 0.243 e. The number of nitrogens with zero attached hydrogens (tertiary/aromatic N) is 1. The van der Waals surface area contributed by atoms with Crippen molar-refractivity contribution in [2.45, 2.75) is 18.4 Å². The highest BCUT2D eigenvalue weighted by Crippen LogP contribution is 2.20. The van der Waals surface area contributed by atoms with E-state index in [9.17, 15) is 12.8 Å². The number of thiazole rings is 1. The van der Waals surface area contributed by atoms with Crippen LogP contribution >= 0.6 is 27.3 Å². The van der Waals surface area contributed by atoms with Crippen molar-refractivity contribution in [3.63, 3.8) is 0 Å². The van der Waals surface area contributed by atoms with E-state index in [1.54, 1.807) is 12.4 Å². The third-order valence-corrected chi connectivity index (χ3v) is 5.31. The first-order valence-electron chi connectivity index (χ1n) is 5.24. The van der Waals surface area contributed by atoms with Crippen molar-refractivity contribution < 1.29 is 12.8 Å². The van der Waals surface area contributed by atoms with Gasteiger partial charge in [0.15, 0.2) is 0 Å². The number of sulfonamides is 1. The molecule has 0 aliphatic heterocycles. The van der Waals surface area contributed by atoms with Gasteiger partial charge < -0.3 is 0 Å². The van der Waals surface area contributed by atoms with Crippen molar-refractivity contribution in [2.75, 3.05) is 0 Å². The Balaban J connectivity index is 2.21. The van der Waals surface area contributed by atoms with Gasteiger partial charge >= 0.3 is 0 Å². The van der Waals surface area contributed by atoms with E-state index in [-0.39, 0.29) is 11.4 Å². The second-order valence-electron chi connectivity index (χ2n) is 3.76. The predicted octanol–water partition coefficient (Wildman–Crippen LogP) is 2.83. The molecule has 4 nitrogen and oxygen atoms in total. The van der Waals surface area contributed by atoms with Crippen LogP contribution in [0.25, 0.3) is 0 Å². The zero-order valence-corrected chi connectivity index (χ0v) is 13.1. The molecule has 0 fully saturated rings. The van der Waals surface area contributed by atoms with Crippen LogP contribution in [-0.2, 0) is 16.6 Å². The molecule has 0 amide bonds. The van der Waals surface area contributed by atoms with E-state index in [4.69, 9.17) is 0 Å². The van der Waals surface area contributed by atoms with Gasteiger partial charge in [0.05, 0.1) is 11.2 Å². The van der Waals surface area contributed by atoms with E-state index in [1.807, 2.05) is 0 Å². The Bertz CT molecular complexity index is 700. The van der Waals surface area contributed by atoms with Crippen molar-refractivity contribution in [1.82, 2.24) is 9.71 Å². The number of aryl methyl sites for hydroxylation is 1. The van der Waals surface area contributed by atoms with E-state index < -0.39 is 15.8 Å². The van der Waals surface area contributed by atoms with Gasteiger partial charge in [-0.25, -0.2) is 22.5 Å². The second-order valence-corrected chi connectivity index (χ2v) is 7.35. The van der Waals surface area contributed by atoms with Crippen molar-refractivity contribution in [1.29, 1.82) is 0 Å². The highest BCUT2D eigenvalue weighted by Gasteiger charge is 2.19. The molecule has 8 heteroatoms. The SMILES string of the molecule is Cc1ncsc1CNS(=O)(=O)c1ccc(Br)cc1F. The third-order valence-electron chi connectivity index (χ3n) is 2.45. The van der Waals surface area contributed by atoms with Gasteiger partial charge in [0.2, 0.25) is 10.0 Å². The molecular formula is C11H10BrFN2O2S2. The molecule has 2 rings (SSSR count). The van der Waals surface area contributed by atoms with Gasteiger partial charge in [-0.3, -0.25) is 0 Å². The summed E-state index contributed by atoms with van der Waals surface area (Å²) in [5, 5.41) is 0. The number of hydrogen-bond acceptors (Lipinski definition) is 4. The van der Waals surface area contributed by atoms with E-state index >= 15 is 0 Å². The number of rotatable bonds is 4. The first kappa shape index (κ1) is 14.6. The van der Waals surface area contributed by atoms with Crippen LogP contribution in [0.1, 0.15) is 10.6 Å². The molecule has 0 aliphatic carbocycles. The minimum Gasteiger partial charge on any atom is -0.250 e. The molecule has 0 saturated heterocycles. The molecular weight excluding hydrogens is 355 g/mol. The number of nitrogens with one attached hydrogen (secondary N) is 1. The van der Waals surface area contributed by atoms with Crippen LogP contribution in [0.15, 0.2) is 33.1 Å². The van der Waals surface area contributed by atoms with Gasteiger partial charge in [0.25, 0.3) is 0 Å². The lowest BCUT2D eigenvalue weighted by atomic mass is 10.3.